The quantitative estimate of drug-likeness (QED) is 0.327. The first kappa shape index (κ1) is 23.7. The van der Waals surface area contributed by atoms with E-state index in [1.165, 1.54) is 83.3 Å². The summed E-state index contributed by atoms with van der Waals surface area (Å²) < 4.78 is 33.5. The van der Waals surface area contributed by atoms with Gasteiger partial charge in [0.1, 0.15) is 0 Å². The molecule has 3 aliphatic carbocycles. The third-order valence-corrected chi connectivity index (χ3v) is 8.97. The molecule has 2 nitrogen and oxygen atoms in total. The van der Waals surface area contributed by atoms with Gasteiger partial charge in [0.2, 0.25) is 5.82 Å². The number of benzene rings is 1. The molecule has 4 atom stereocenters. The zero-order valence-corrected chi connectivity index (χ0v) is 19.9. The van der Waals surface area contributed by atoms with Gasteiger partial charge in [0.25, 0.3) is 0 Å². The molecule has 0 amide bonds. The van der Waals surface area contributed by atoms with Crippen LogP contribution in [0.25, 0.3) is 0 Å². The van der Waals surface area contributed by atoms with Crippen LogP contribution in [0.1, 0.15) is 96.0 Å². The molecule has 3 saturated carbocycles. The van der Waals surface area contributed by atoms with Crippen molar-refractivity contribution in [1.82, 2.24) is 0 Å². The van der Waals surface area contributed by atoms with Crippen LogP contribution < -0.4 is 4.74 Å². The SMILES string of the molecule is CCCCC1CCC(C2CCC3C(CCCC3C(=O)Oc3ccc(C)c(F)c3F)C2)CC1. The summed E-state index contributed by atoms with van der Waals surface area (Å²) in [6.45, 7) is 3.79. The lowest BCUT2D eigenvalue weighted by Gasteiger charge is -2.46. The Labute approximate surface area is 192 Å². The molecule has 4 rings (SSSR count). The van der Waals surface area contributed by atoms with Gasteiger partial charge in [0, 0.05) is 0 Å². The molecule has 0 heterocycles. The maximum Gasteiger partial charge on any atom is 0.314 e. The van der Waals surface area contributed by atoms with Gasteiger partial charge in [0.05, 0.1) is 5.92 Å². The van der Waals surface area contributed by atoms with Crippen molar-refractivity contribution in [3.05, 3.63) is 29.3 Å². The molecule has 0 aromatic heterocycles. The molecule has 1 aromatic rings. The minimum absolute atomic E-state index is 0.178. The molecule has 0 bridgehead atoms. The van der Waals surface area contributed by atoms with E-state index >= 15 is 0 Å². The average Bonchev–Trinajstić information content (AvgIpc) is 2.82. The summed E-state index contributed by atoms with van der Waals surface area (Å²) in [6, 6.07) is 2.84. The van der Waals surface area contributed by atoms with E-state index in [9.17, 15) is 13.6 Å². The van der Waals surface area contributed by atoms with Gasteiger partial charge < -0.3 is 4.74 Å². The highest BCUT2D eigenvalue weighted by Gasteiger charge is 2.43. The molecule has 0 radical (unpaired) electrons. The van der Waals surface area contributed by atoms with Crippen molar-refractivity contribution < 1.29 is 18.3 Å². The number of carbonyl (C=O) groups excluding carboxylic acids is 1. The van der Waals surface area contributed by atoms with Gasteiger partial charge in [-0.2, -0.15) is 4.39 Å². The summed E-state index contributed by atoms with van der Waals surface area (Å²) in [5.74, 6) is 0.750. The highest BCUT2D eigenvalue weighted by atomic mass is 19.2. The van der Waals surface area contributed by atoms with E-state index in [0.717, 1.165) is 37.0 Å². The molecule has 4 unspecified atom stereocenters. The van der Waals surface area contributed by atoms with Gasteiger partial charge in [-0.1, -0.05) is 57.9 Å². The van der Waals surface area contributed by atoms with Crippen molar-refractivity contribution in [2.24, 2.45) is 35.5 Å². The van der Waals surface area contributed by atoms with E-state index in [0.29, 0.717) is 11.8 Å². The second-order valence-corrected chi connectivity index (χ2v) is 10.9. The molecule has 0 saturated heterocycles. The number of fused-ring (bicyclic) bond motifs is 1. The lowest BCUT2D eigenvalue weighted by Crippen LogP contribution is -2.40. The third kappa shape index (κ3) is 5.20. The maximum atomic E-state index is 14.2. The lowest BCUT2D eigenvalue weighted by molar-refractivity contribution is -0.144. The van der Waals surface area contributed by atoms with E-state index in [1.54, 1.807) is 0 Å². The Morgan fingerprint density at radius 2 is 1.69 bits per heavy atom. The van der Waals surface area contributed by atoms with E-state index in [1.807, 2.05) is 0 Å². The zero-order chi connectivity index (χ0) is 22.7. The Morgan fingerprint density at radius 1 is 0.938 bits per heavy atom. The molecule has 4 heteroatoms. The van der Waals surface area contributed by atoms with Gasteiger partial charge in [-0.3, -0.25) is 4.79 Å². The summed E-state index contributed by atoms with van der Waals surface area (Å²) in [4.78, 5) is 13.0. The minimum Gasteiger partial charge on any atom is -0.423 e. The fourth-order valence-corrected chi connectivity index (χ4v) is 7.05. The van der Waals surface area contributed by atoms with Crippen LogP contribution in [0.15, 0.2) is 12.1 Å². The molecule has 0 aliphatic heterocycles. The van der Waals surface area contributed by atoms with Gasteiger partial charge in [-0.15, -0.1) is 0 Å². The molecule has 3 fully saturated rings. The molecule has 0 N–H and O–H groups in total. The van der Waals surface area contributed by atoms with Gasteiger partial charge in [-0.05, 0) is 86.7 Å². The molecule has 32 heavy (non-hydrogen) atoms. The van der Waals surface area contributed by atoms with Crippen molar-refractivity contribution in [2.45, 2.75) is 97.3 Å². The summed E-state index contributed by atoms with van der Waals surface area (Å²) in [5, 5.41) is 0. The topological polar surface area (TPSA) is 26.3 Å². The van der Waals surface area contributed by atoms with E-state index in [2.05, 4.69) is 6.92 Å². The fourth-order valence-electron chi connectivity index (χ4n) is 7.05. The summed E-state index contributed by atoms with van der Waals surface area (Å²) in [5.41, 5.74) is 0.220. The monoisotopic (exact) mass is 446 g/mol. The highest BCUT2D eigenvalue weighted by Crippen LogP contribution is 2.50. The molecule has 178 valence electrons. The standard InChI is InChI=1S/C28H40F2O2/c1-3-4-6-19-10-12-20(13-11-19)21-14-15-23-22(17-21)7-5-8-24(23)28(31)32-25-16-9-18(2)26(29)27(25)30/h9,16,19-24H,3-8,10-15,17H2,1-2H3. The van der Waals surface area contributed by atoms with Gasteiger partial charge >= 0.3 is 5.97 Å². The number of carbonyl (C=O) groups is 1. The molecule has 3 aliphatic rings. The number of ether oxygens (including phenoxy) is 1. The van der Waals surface area contributed by atoms with E-state index in [4.69, 9.17) is 4.74 Å². The lowest BCUT2D eigenvalue weighted by atomic mass is 9.59. The van der Waals surface area contributed by atoms with Gasteiger partial charge in [-0.25, -0.2) is 4.39 Å². The van der Waals surface area contributed by atoms with Crippen molar-refractivity contribution in [3.63, 3.8) is 0 Å². The van der Waals surface area contributed by atoms with Crippen molar-refractivity contribution >= 4 is 5.97 Å². The molecule has 1 aromatic carbocycles. The number of rotatable bonds is 6. The second-order valence-electron chi connectivity index (χ2n) is 10.9. The Kier molecular flexibility index (Phi) is 7.89. The Bertz CT molecular complexity index is 784. The summed E-state index contributed by atoms with van der Waals surface area (Å²) in [7, 11) is 0. The smallest absolute Gasteiger partial charge is 0.314 e. The number of halogens is 2. The first-order chi connectivity index (χ1) is 15.5. The number of hydrogen-bond donors (Lipinski definition) is 0. The largest absolute Gasteiger partial charge is 0.423 e. The molecular weight excluding hydrogens is 406 g/mol. The summed E-state index contributed by atoms with van der Waals surface area (Å²) >= 11 is 0. The van der Waals surface area contributed by atoms with Crippen LogP contribution in [0.5, 0.6) is 5.75 Å². The van der Waals surface area contributed by atoms with Crippen LogP contribution in [0.4, 0.5) is 8.78 Å². The van der Waals surface area contributed by atoms with Gasteiger partial charge in [0.15, 0.2) is 11.6 Å². The maximum absolute atomic E-state index is 14.2. The van der Waals surface area contributed by atoms with Crippen LogP contribution >= 0.6 is 0 Å². The first-order valence-electron chi connectivity index (χ1n) is 13.1. The Balaban J connectivity index is 1.33. The molecule has 0 spiro atoms. The summed E-state index contributed by atoms with van der Waals surface area (Å²) in [6.07, 6.45) is 16.3. The van der Waals surface area contributed by atoms with E-state index < -0.39 is 11.6 Å². The predicted octanol–water partition coefficient (Wildman–Crippen LogP) is 8.01. The Morgan fingerprint density at radius 3 is 2.44 bits per heavy atom. The normalized spacial score (nSPS) is 32.9. The number of esters is 1. The van der Waals surface area contributed by atoms with E-state index in [-0.39, 0.29) is 23.2 Å². The van der Waals surface area contributed by atoms with Crippen LogP contribution in [0.3, 0.4) is 0 Å². The minimum atomic E-state index is -1.05. The number of hydrogen-bond acceptors (Lipinski definition) is 2. The fraction of sp³-hybridized carbons (Fsp3) is 0.750. The third-order valence-electron chi connectivity index (χ3n) is 8.97. The predicted molar refractivity (Wildman–Crippen MR) is 123 cm³/mol. The zero-order valence-electron chi connectivity index (χ0n) is 19.9. The first-order valence-corrected chi connectivity index (χ1v) is 13.1. The van der Waals surface area contributed by atoms with Crippen molar-refractivity contribution in [3.8, 4) is 5.75 Å². The van der Waals surface area contributed by atoms with Crippen LogP contribution in [0.2, 0.25) is 0 Å². The highest BCUT2D eigenvalue weighted by molar-refractivity contribution is 5.75. The number of aryl methyl sites for hydroxylation is 1. The van der Waals surface area contributed by atoms with Crippen molar-refractivity contribution in [2.75, 3.05) is 0 Å². The van der Waals surface area contributed by atoms with Crippen LogP contribution in [-0.4, -0.2) is 5.97 Å². The Hall–Kier alpha value is -1.45. The van der Waals surface area contributed by atoms with Crippen LogP contribution in [-0.2, 0) is 4.79 Å². The average molecular weight is 447 g/mol. The number of unbranched alkanes of at least 4 members (excludes halogenated alkanes) is 1. The second kappa shape index (κ2) is 10.7. The van der Waals surface area contributed by atoms with Crippen molar-refractivity contribution in [1.29, 1.82) is 0 Å². The van der Waals surface area contributed by atoms with Crippen LogP contribution in [0, 0.1) is 54.1 Å². The molecular formula is C28H40F2O2.